The molecule has 26 heavy (non-hydrogen) atoms. The minimum atomic E-state index is -0.381. The van der Waals surface area contributed by atoms with Crippen LogP contribution in [0.4, 0.5) is 5.69 Å². The van der Waals surface area contributed by atoms with E-state index in [4.69, 9.17) is 4.74 Å². The zero-order chi connectivity index (χ0) is 18.9. The zero-order valence-electron chi connectivity index (χ0n) is 16.0. The Kier molecular flexibility index (Phi) is 4.73. The number of ether oxygens (including phenoxy) is 1. The summed E-state index contributed by atoms with van der Waals surface area (Å²) in [4.78, 5) is 14.9. The fourth-order valence-electron chi connectivity index (χ4n) is 3.50. The topological polar surface area (TPSA) is 29.5 Å². The maximum Gasteiger partial charge on any atom is 0.251 e. The van der Waals surface area contributed by atoms with Crippen LogP contribution in [-0.2, 0) is 4.79 Å². The van der Waals surface area contributed by atoms with Crippen LogP contribution in [0.3, 0.4) is 0 Å². The van der Waals surface area contributed by atoms with Gasteiger partial charge in [-0.25, -0.2) is 0 Å². The van der Waals surface area contributed by atoms with Crippen LogP contribution >= 0.6 is 0 Å². The molecule has 1 heterocycles. The lowest BCUT2D eigenvalue weighted by Crippen LogP contribution is -2.48. The van der Waals surface area contributed by atoms with Gasteiger partial charge in [0.1, 0.15) is 5.75 Å². The van der Waals surface area contributed by atoms with Crippen molar-refractivity contribution in [2.24, 2.45) is 0 Å². The molecule has 0 atom stereocenters. The highest BCUT2D eigenvalue weighted by Gasteiger charge is 2.34. The summed E-state index contributed by atoms with van der Waals surface area (Å²) in [7, 11) is 1.64. The van der Waals surface area contributed by atoms with Crippen LogP contribution in [0.5, 0.6) is 5.75 Å². The van der Waals surface area contributed by atoms with Crippen LogP contribution in [0.1, 0.15) is 37.5 Å². The molecule has 2 aromatic rings. The van der Waals surface area contributed by atoms with Crippen LogP contribution in [0.25, 0.3) is 11.6 Å². The maximum absolute atomic E-state index is 13.0. The molecular formula is C23H25NO2. The molecule has 0 radical (unpaired) electrons. The monoisotopic (exact) mass is 347 g/mol. The smallest absolute Gasteiger partial charge is 0.251 e. The lowest BCUT2D eigenvalue weighted by molar-refractivity contribution is -0.114. The molecule has 0 unspecified atom stereocenters. The van der Waals surface area contributed by atoms with E-state index in [-0.39, 0.29) is 11.4 Å². The summed E-state index contributed by atoms with van der Waals surface area (Å²) in [5.41, 5.74) is 5.06. The van der Waals surface area contributed by atoms with E-state index in [0.29, 0.717) is 0 Å². The van der Waals surface area contributed by atoms with Gasteiger partial charge in [0, 0.05) is 11.6 Å². The molecule has 1 amide bonds. The molecule has 0 fully saturated rings. The van der Waals surface area contributed by atoms with Crippen molar-refractivity contribution < 1.29 is 9.53 Å². The Morgan fingerprint density at radius 1 is 1.08 bits per heavy atom. The van der Waals surface area contributed by atoms with E-state index in [0.717, 1.165) is 22.6 Å². The fraction of sp³-hybridized carbons (Fsp3) is 0.261. The van der Waals surface area contributed by atoms with Gasteiger partial charge in [0.15, 0.2) is 0 Å². The normalized spacial score (nSPS) is 15.6. The number of hydrogen-bond acceptors (Lipinski definition) is 2. The van der Waals surface area contributed by atoms with Gasteiger partial charge in [-0.1, -0.05) is 29.8 Å². The average Bonchev–Trinajstić information content (AvgIpc) is 2.60. The zero-order valence-corrected chi connectivity index (χ0v) is 16.0. The summed E-state index contributed by atoms with van der Waals surface area (Å²) in [6.07, 6.45) is 5.65. The number of nitrogens with zero attached hydrogens (tertiary/aromatic N) is 1. The van der Waals surface area contributed by atoms with Crippen LogP contribution < -0.4 is 9.64 Å². The molecule has 134 valence electrons. The first-order valence-electron chi connectivity index (χ1n) is 8.78. The highest BCUT2D eigenvalue weighted by atomic mass is 16.5. The number of amides is 1. The van der Waals surface area contributed by atoms with E-state index in [1.165, 1.54) is 11.1 Å². The third-order valence-electron chi connectivity index (χ3n) is 4.72. The molecule has 3 nitrogen and oxygen atoms in total. The Morgan fingerprint density at radius 2 is 1.77 bits per heavy atom. The summed E-state index contributed by atoms with van der Waals surface area (Å²) in [5, 5.41) is 0. The Morgan fingerprint density at radius 3 is 2.42 bits per heavy atom. The number of anilines is 1. The van der Waals surface area contributed by atoms with E-state index >= 15 is 0 Å². The van der Waals surface area contributed by atoms with E-state index in [9.17, 15) is 4.79 Å². The standard InChI is InChI=1S/C23H25NO2/c1-16-6-12-21-20(14-16)17(2)15-23(3,4)24(21)22(25)13-9-18-7-10-19(26-5)11-8-18/h6-15H,1-5H3/b13-9-. The first-order valence-corrected chi connectivity index (χ1v) is 8.78. The molecule has 2 aromatic carbocycles. The molecule has 3 heteroatoms. The first-order chi connectivity index (χ1) is 12.3. The quantitative estimate of drug-likeness (QED) is 0.710. The Hall–Kier alpha value is -2.81. The number of aryl methyl sites for hydroxylation is 1. The summed E-state index contributed by atoms with van der Waals surface area (Å²) < 4.78 is 5.17. The molecule has 0 N–H and O–H groups in total. The predicted octanol–water partition coefficient (Wildman–Crippen LogP) is 5.25. The van der Waals surface area contributed by atoms with Crippen molar-refractivity contribution in [3.05, 3.63) is 71.3 Å². The molecule has 0 bridgehead atoms. The van der Waals surface area contributed by atoms with Crippen LogP contribution in [-0.4, -0.2) is 18.6 Å². The first kappa shape index (κ1) is 18.0. The van der Waals surface area contributed by atoms with Crippen LogP contribution in [0.15, 0.2) is 54.6 Å². The van der Waals surface area contributed by atoms with Crippen molar-refractivity contribution in [3.8, 4) is 5.75 Å². The van der Waals surface area contributed by atoms with Crippen LogP contribution in [0, 0.1) is 6.92 Å². The maximum atomic E-state index is 13.0. The number of hydrogen-bond donors (Lipinski definition) is 0. The van der Waals surface area contributed by atoms with Gasteiger partial charge in [-0.2, -0.15) is 0 Å². The largest absolute Gasteiger partial charge is 0.497 e. The Balaban J connectivity index is 1.93. The number of methoxy groups -OCH3 is 1. The number of rotatable bonds is 3. The van der Waals surface area contributed by atoms with E-state index < -0.39 is 0 Å². The second-order valence-corrected chi connectivity index (χ2v) is 7.28. The highest BCUT2D eigenvalue weighted by molar-refractivity contribution is 6.08. The molecule has 0 aromatic heterocycles. The van der Waals surface area contributed by atoms with Gasteiger partial charge in [-0.3, -0.25) is 9.69 Å². The average molecular weight is 347 g/mol. The third-order valence-corrected chi connectivity index (χ3v) is 4.72. The van der Waals surface area contributed by atoms with Gasteiger partial charge in [0.25, 0.3) is 5.91 Å². The minimum Gasteiger partial charge on any atom is -0.497 e. The van der Waals surface area contributed by atoms with E-state index in [2.05, 4.69) is 45.9 Å². The van der Waals surface area contributed by atoms with Gasteiger partial charge < -0.3 is 4.74 Å². The van der Waals surface area contributed by atoms with Gasteiger partial charge in [0.2, 0.25) is 0 Å². The number of carbonyl (C=O) groups is 1. The van der Waals surface area contributed by atoms with Crippen molar-refractivity contribution in [1.82, 2.24) is 0 Å². The lowest BCUT2D eigenvalue weighted by atomic mass is 9.88. The minimum absolute atomic E-state index is 0.0281. The van der Waals surface area contributed by atoms with Gasteiger partial charge >= 0.3 is 0 Å². The molecule has 0 saturated carbocycles. The van der Waals surface area contributed by atoms with Crippen LogP contribution in [0.2, 0.25) is 0 Å². The second kappa shape index (κ2) is 6.83. The molecule has 1 aliphatic heterocycles. The van der Waals surface area contributed by atoms with E-state index in [1.54, 1.807) is 13.2 Å². The summed E-state index contributed by atoms with van der Waals surface area (Å²) in [6, 6.07) is 13.9. The lowest BCUT2D eigenvalue weighted by Gasteiger charge is -2.41. The molecular weight excluding hydrogens is 322 g/mol. The highest BCUT2D eigenvalue weighted by Crippen LogP contribution is 2.39. The molecule has 3 rings (SSSR count). The van der Waals surface area contributed by atoms with Crippen molar-refractivity contribution in [2.75, 3.05) is 12.0 Å². The Labute approximate surface area is 155 Å². The van der Waals surface area contributed by atoms with Crippen molar-refractivity contribution in [2.45, 2.75) is 33.2 Å². The summed E-state index contributed by atoms with van der Waals surface area (Å²) >= 11 is 0. The SMILES string of the molecule is COc1ccc(/C=C\C(=O)N2c3ccc(C)cc3C(C)=CC2(C)C)cc1. The predicted molar refractivity (Wildman–Crippen MR) is 108 cm³/mol. The number of allylic oxidation sites excluding steroid dienone is 1. The fourth-order valence-corrected chi connectivity index (χ4v) is 3.50. The number of fused-ring (bicyclic) bond motifs is 1. The summed E-state index contributed by atoms with van der Waals surface area (Å²) in [6.45, 7) is 8.31. The third kappa shape index (κ3) is 3.43. The summed E-state index contributed by atoms with van der Waals surface area (Å²) in [5.74, 6) is 0.773. The Bertz CT molecular complexity index is 889. The van der Waals surface area contributed by atoms with Gasteiger partial charge in [-0.15, -0.1) is 0 Å². The van der Waals surface area contributed by atoms with E-state index in [1.807, 2.05) is 41.3 Å². The number of benzene rings is 2. The van der Waals surface area contributed by atoms with Crippen molar-refractivity contribution in [1.29, 1.82) is 0 Å². The molecule has 1 aliphatic rings. The molecule has 0 saturated heterocycles. The second-order valence-electron chi connectivity index (χ2n) is 7.28. The van der Waals surface area contributed by atoms with Crippen molar-refractivity contribution >= 4 is 23.2 Å². The molecule has 0 aliphatic carbocycles. The van der Waals surface area contributed by atoms with Gasteiger partial charge in [-0.05, 0) is 69.2 Å². The molecule has 0 spiro atoms. The van der Waals surface area contributed by atoms with Crippen molar-refractivity contribution in [3.63, 3.8) is 0 Å². The van der Waals surface area contributed by atoms with Gasteiger partial charge in [0.05, 0.1) is 18.3 Å². The number of carbonyl (C=O) groups excluding carboxylic acids is 1.